The van der Waals surface area contributed by atoms with Gasteiger partial charge in [0.25, 0.3) is 5.91 Å². The smallest absolute Gasteiger partial charge is 0.252 e. The number of rotatable bonds is 4. The first-order valence-electron chi connectivity index (χ1n) is 6.34. The van der Waals surface area contributed by atoms with Gasteiger partial charge >= 0.3 is 0 Å². The van der Waals surface area contributed by atoms with Gasteiger partial charge in [-0.15, -0.1) is 0 Å². The van der Waals surface area contributed by atoms with Crippen LogP contribution in [0.4, 0.5) is 0 Å². The van der Waals surface area contributed by atoms with Crippen molar-refractivity contribution in [2.24, 2.45) is 0 Å². The summed E-state index contributed by atoms with van der Waals surface area (Å²) in [6, 6.07) is 13.1. The van der Waals surface area contributed by atoms with Crippen LogP contribution in [0.15, 0.2) is 46.9 Å². The molecule has 0 aromatic heterocycles. The SMILES string of the molecule is Cc1cccc(C(=O)NCc2ccc(CO)cc2)c1Br. The van der Waals surface area contributed by atoms with Gasteiger partial charge in [0.2, 0.25) is 0 Å². The molecule has 0 heterocycles. The summed E-state index contributed by atoms with van der Waals surface area (Å²) in [6.07, 6.45) is 0. The standard InChI is InChI=1S/C16H16BrNO2/c1-11-3-2-4-14(15(11)17)16(20)18-9-12-5-7-13(10-19)8-6-12/h2-8,19H,9-10H2,1H3,(H,18,20). The average molecular weight is 334 g/mol. The molecule has 0 saturated heterocycles. The summed E-state index contributed by atoms with van der Waals surface area (Å²) >= 11 is 3.44. The number of halogens is 1. The fourth-order valence-corrected chi connectivity index (χ4v) is 2.31. The molecule has 0 radical (unpaired) electrons. The van der Waals surface area contributed by atoms with Crippen molar-refractivity contribution in [3.05, 3.63) is 69.2 Å². The van der Waals surface area contributed by atoms with E-state index in [1.54, 1.807) is 6.07 Å². The van der Waals surface area contributed by atoms with Crippen molar-refractivity contribution in [2.75, 3.05) is 0 Å². The summed E-state index contributed by atoms with van der Waals surface area (Å²) in [5.41, 5.74) is 3.53. The Morgan fingerprint density at radius 1 is 1.15 bits per heavy atom. The second kappa shape index (κ2) is 6.68. The van der Waals surface area contributed by atoms with Crippen LogP contribution in [-0.2, 0) is 13.2 Å². The molecule has 0 saturated carbocycles. The van der Waals surface area contributed by atoms with Gasteiger partial charge in [-0.05, 0) is 45.6 Å². The van der Waals surface area contributed by atoms with Crippen LogP contribution in [0.2, 0.25) is 0 Å². The van der Waals surface area contributed by atoms with Crippen molar-refractivity contribution in [1.82, 2.24) is 5.32 Å². The molecule has 2 aromatic rings. The Morgan fingerprint density at radius 3 is 2.45 bits per heavy atom. The van der Waals surface area contributed by atoms with E-state index < -0.39 is 0 Å². The molecule has 20 heavy (non-hydrogen) atoms. The number of carbonyl (C=O) groups is 1. The molecule has 0 aliphatic carbocycles. The molecule has 2 N–H and O–H groups in total. The summed E-state index contributed by atoms with van der Waals surface area (Å²) in [5.74, 6) is -0.105. The van der Waals surface area contributed by atoms with Crippen molar-refractivity contribution >= 4 is 21.8 Å². The number of hydrogen-bond acceptors (Lipinski definition) is 2. The number of carbonyl (C=O) groups excluding carboxylic acids is 1. The minimum absolute atomic E-state index is 0.0306. The minimum atomic E-state index is -0.105. The number of nitrogens with one attached hydrogen (secondary N) is 1. The molecule has 0 bridgehead atoms. The van der Waals surface area contributed by atoms with Crippen molar-refractivity contribution in [1.29, 1.82) is 0 Å². The van der Waals surface area contributed by atoms with Crippen molar-refractivity contribution in [3.63, 3.8) is 0 Å². The Labute approximate surface area is 126 Å². The largest absolute Gasteiger partial charge is 0.392 e. The lowest BCUT2D eigenvalue weighted by Gasteiger charge is -2.09. The topological polar surface area (TPSA) is 49.3 Å². The van der Waals surface area contributed by atoms with Gasteiger partial charge in [0.1, 0.15) is 0 Å². The Kier molecular flexibility index (Phi) is 4.93. The Morgan fingerprint density at radius 2 is 1.80 bits per heavy atom. The number of hydrogen-bond donors (Lipinski definition) is 2. The minimum Gasteiger partial charge on any atom is -0.392 e. The maximum Gasteiger partial charge on any atom is 0.252 e. The highest BCUT2D eigenvalue weighted by molar-refractivity contribution is 9.10. The van der Waals surface area contributed by atoms with E-state index in [0.717, 1.165) is 21.2 Å². The van der Waals surface area contributed by atoms with E-state index in [1.807, 2.05) is 43.3 Å². The van der Waals surface area contributed by atoms with E-state index in [0.29, 0.717) is 12.1 Å². The summed E-state index contributed by atoms with van der Waals surface area (Å²) in [7, 11) is 0. The lowest BCUT2D eigenvalue weighted by molar-refractivity contribution is 0.0950. The summed E-state index contributed by atoms with van der Waals surface area (Å²) in [6.45, 7) is 2.45. The Bertz CT molecular complexity index is 608. The molecule has 1 amide bonds. The summed E-state index contributed by atoms with van der Waals surface area (Å²) in [5, 5.41) is 11.9. The predicted molar refractivity (Wildman–Crippen MR) is 82.4 cm³/mol. The summed E-state index contributed by atoms with van der Waals surface area (Å²) < 4.78 is 0.827. The lowest BCUT2D eigenvalue weighted by Crippen LogP contribution is -2.23. The van der Waals surface area contributed by atoms with Gasteiger partial charge in [-0.1, -0.05) is 36.4 Å². The molecule has 104 valence electrons. The maximum absolute atomic E-state index is 12.1. The highest BCUT2D eigenvalue weighted by Crippen LogP contribution is 2.20. The first-order valence-corrected chi connectivity index (χ1v) is 7.13. The third-order valence-electron chi connectivity index (χ3n) is 3.10. The quantitative estimate of drug-likeness (QED) is 0.902. The van der Waals surface area contributed by atoms with Crippen LogP contribution < -0.4 is 5.32 Å². The van der Waals surface area contributed by atoms with E-state index in [1.165, 1.54) is 0 Å². The monoisotopic (exact) mass is 333 g/mol. The van der Waals surface area contributed by atoms with Crippen LogP contribution >= 0.6 is 15.9 Å². The molecule has 2 rings (SSSR count). The third-order valence-corrected chi connectivity index (χ3v) is 4.15. The predicted octanol–water partition coefficient (Wildman–Crippen LogP) is 3.18. The Balaban J connectivity index is 2.02. The second-order valence-corrected chi connectivity index (χ2v) is 5.39. The molecule has 0 atom stereocenters. The zero-order chi connectivity index (χ0) is 14.5. The number of amides is 1. The Hall–Kier alpha value is -1.65. The molecule has 3 nitrogen and oxygen atoms in total. The number of aliphatic hydroxyl groups excluding tert-OH is 1. The summed E-state index contributed by atoms with van der Waals surface area (Å²) in [4.78, 5) is 12.1. The van der Waals surface area contributed by atoms with Crippen molar-refractivity contribution < 1.29 is 9.90 Å². The average Bonchev–Trinajstić information content (AvgIpc) is 2.48. The first kappa shape index (κ1) is 14.8. The van der Waals surface area contributed by atoms with E-state index in [2.05, 4.69) is 21.2 Å². The van der Waals surface area contributed by atoms with Gasteiger partial charge in [-0.3, -0.25) is 4.79 Å². The fraction of sp³-hybridized carbons (Fsp3) is 0.188. The van der Waals surface area contributed by atoms with Crippen molar-refractivity contribution in [2.45, 2.75) is 20.1 Å². The zero-order valence-electron chi connectivity index (χ0n) is 11.2. The van der Waals surface area contributed by atoms with Gasteiger partial charge in [0.15, 0.2) is 0 Å². The van der Waals surface area contributed by atoms with Crippen LogP contribution in [0.25, 0.3) is 0 Å². The highest BCUT2D eigenvalue weighted by atomic mass is 79.9. The van der Waals surface area contributed by atoms with Crippen molar-refractivity contribution in [3.8, 4) is 0 Å². The molecule has 0 fully saturated rings. The van der Waals surface area contributed by atoms with E-state index >= 15 is 0 Å². The molecule has 4 heteroatoms. The number of aliphatic hydroxyl groups is 1. The van der Waals surface area contributed by atoms with E-state index in [-0.39, 0.29) is 12.5 Å². The molecule has 0 spiro atoms. The van der Waals surface area contributed by atoms with E-state index in [9.17, 15) is 4.79 Å². The fourth-order valence-electron chi connectivity index (χ4n) is 1.86. The van der Waals surface area contributed by atoms with Gasteiger partial charge < -0.3 is 10.4 Å². The molecular formula is C16H16BrNO2. The van der Waals surface area contributed by atoms with Gasteiger partial charge in [0, 0.05) is 11.0 Å². The van der Waals surface area contributed by atoms with Crippen LogP contribution in [0.3, 0.4) is 0 Å². The first-order chi connectivity index (χ1) is 9.61. The molecule has 0 unspecified atom stereocenters. The van der Waals surface area contributed by atoms with Gasteiger partial charge in [0.05, 0.1) is 12.2 Å². The van der Waals surface area contributed by atoms with Gasteiger partial charge in [-0.2, -0.15) is 0 Å². The highest BCUT2D eigenvalue weighted by Gasteiger charge is 2.10. The van der Waals surface area contributed by atoms with E-state index in [4.69, 9.17) is 5.11 Å². The zero-order valence-corrected chi connectivity index (χ0v) is 12.8. The number of benzene rings is 2. The molecule has 2 aromatic carbocycles. The van der Waals surface area contributed by atoms with Crippen LogP contribution in [0, 0.1) is 6.92 Å². The molecular weight excluding hydrogens is 318 g/mol. The number of aryl methyl sites for hydroxylation is 1. The normalized spacial score (nSPS) is 10.3. The lowest BCUT2D eigenvalue weighted by atomic mass is 10.1. The molecule has 0 aliphatic heterocycles. The third kappa shape index (κ3) is 3.46. The van der Waals surface area contributed by atoms with Crippen LogP contribution in [-0.4, -0.2) is 11.0 Å². The van der Waals surface area contributed by atoms with Crippen LogP contribution in [0.1, 0.15) is 27.0 Å². The molecule has 0 aliphatic rings. The van der Waals surface area contributed by atoms with Gasteiger partial charge in [-0.25, -0.2) is 0 Å². The van der Waals surface area contributed by atoms with Crippen LogP contribution in [0.5, 0.6) is 0 Å². The second-order valence-electron chi connectivity index (χ2n) is 4.59. The maximum atomic E-state index is 12.1.